The van der Waals surface area contributed by atoms with E-state index in [0.717, 1.165) is 12.8 Å². The zero-order valence-corrected chi connectivity index (χ0v) is 11.2. The lowest BCUT2D eigenvalue weighted by molar-refractivity contribution is 0.0487. The van der Waals surface area contributed by atoms with E-state index in [9.17, 15) is 9.59 Å². The van der Waals surface area contributed by atoms with Gasteiger partial charge in [-0.2, -0.15) is 0 Å². The number of hydrogen-bond acceptors (Lipinski definition) is 5. The van der Waals surface area contributed by atoms with Gasteiger partial charge in [0.25, 0.3) is 0 Å². The lowest BCUT2D eigenvalue weighted by Crippen LogP contribution is -2.08. The maximum Gasteiger partial charge on any atom is 0.338 e. The summed E-state index contributed by atoms with van der Waals surface area (Å²) in [5.74, 6) is -0.826. The molecule has 0 unspecified atom stereocenters. The quantitative estimate of drug-likeness (QED) is 0.558. The molecule has 0 saturated carbocycles. The molecule has 0 spiro atoms. The number of carbonyl (C=O) groups is 2. The molecular formula is C14H18O5. The average molecular weight is 266 g/mol. The summed E-state index contributed by atoms with van der Waals surface area (Å²) in [6, 6.07) is 6.16. The van der Waals surface area contributed by atoms with E-state index in [4.69, 9.17) is 9.47 Å². The predicted octanol–water partition coefficient (Wildman–Crippen LogP) is 2.06. The number of carbonyl (C=O) groups excluding carboxylic acids is 2. The van der Waals surface area contributed by atoms with E-state index in [-0.39, 0.29) is 0 Å². The molecule has 0 radical (unpaired) electrons. The SMILES string of the molecule is COCCCCOC(=O)c1ccc(C(=O)OC)cc1. The Morgan fingerprint density at radius 1 is 0.895 bits per heavy atom. The highest BCUT2D eigenvalue weighted by molar-refractivity contribution is 5.93. The van der Waals surface area contributed by atoms with Crippen LogP contribution in [0.15, 0.2) is 24.3 Å². The molecule has 0 aliphatic heterocycles. The number of ether oxygens (including phenoxy) is 3. The fourth-order valence-electron chi connectivity index (χ4n) is 1.46. The number of benzene rings is 1. The molecule has 19 heavy (non-hydrogen) atoms. The first-order valence-corrected chi connectivity index (χ1v) is 6.03. The first-order chi connectivity index (χ1) is 9.19. The molecule has 0 heterocycles. The van der Waals surface area contributed by atoms with Gasteiger partial charge in [-0.3, -0.25) is 0 Å². The zero-order chi connectivity index (χ0) is 14.1. The summed E-state index contributed by atoms with van der Waals surface area (Å²) >= 11 is 0. The van der Waals surface area contributed by atoms with Crippen LogP contribution in [0.2, 0.25) is 0 Å². The van der Waals surface area contributed by atoms with Crippen LogP contribution < -0.4 is 0 Å². The Bertz CT molecular complexity index is 410. The number of methoxy groups -OCH3 is 2. The van der Waals surface area contributed by atoms with Gasteiger partial charge in [0.2, 0.25) is 0 Å². The van der Waals surface area contributed by atoms with Crippen LogP contribution in [-0.2, 0) is 14.2 Å². The van der Waals surface area contributed by atoms with E-state index < -0.39 is 11.9 Å². The van der Waals surface area contributed by atoms with E-state index >= 15 is 0 Å². The summed E-state index contributed by atoms with van der Waals surface area (Å²) in [7, 11) is 2.94. The molecule has 1 rings (SSSR count). The molecule has 5 nitrogen and oxygen atoms in total. The van der Waals surface area contributed by atoms with Gasteiger partial charge in [-0.05, 0) is 37.1 Å². The van der Waals surface area contributed by atoms with Crippen LogP contribution in [0.1, 0.15) is 33.6 Å². The molecule has 0 amide bonds. The molecule has 0 N–H and O–H groups in total. The molecule has 0 aromatic heterocycles. The van der Waals surface area contributed by atoms with Gasteiger partial charge < -0.3 is 14.2 Å². The normalized spacial score (nSPS) is 10.0. The zero-order valence-electron chi connectivity index (χ0n) is 11.2. The predicted molar refractivity (Wildman–Crippen MR) is 69.2 cm³/mol. The minimum absolute atomic E-state index is 0.362. The molecule has 5 heteroatoms. The summed E-state index contributed by atoms with van der Waals surface area (Å²) < 4.78 is 14.6. The second-order valence-electron chi connectivity index (χ2n) is 3.90. The maximum absolute atomic E-state index is 11.7. The van der Waals surface area contributed by atoms with Crippen LogP contribution in [0.3, 0.4) is 0 Å². The number of unbranched alkanes of at least 4 members (excludes halogenated alkanes) is 1. The molecule has 0 fully saturated rings. The van der Waals surface area contributed by atoms with E-state index in [1.165, 1.54) is 19.2 Å². The van der Waals surface area contributed by atoms with Crippen molar-refractivity contribution >= 4 is 11.9 Å². The summed E-state index contributed by atoms with van der Waals surface area (Å²) in [6.07, 6.45) is 1.62. The van der Waals surface area contributed by atoms with Crippen molar-refractivity contribution in [2.45, 2.75) is 12.8 Å². The summed E-state index contributed by atoms with van der Waals surface area (Å²) in [5.41, 5.74) is 0.818. The third kappa shape index (κ3) is 5.09. The largest absolute Gasteiger partial charge is 0.465 e. The topological polar surface area (TPSA) is 61.8 Å². The van der Waals surface area contributed by atoms with Crippen LogP contribution in [0.25, 0.3) is 0 Å². The van der Waals surface area contributed by atoms with Crippen LogP contribution in [0, 0.1) is 0 Å². The van der Waals surface area contributed by atoms with E-state index in [1.807, 2.05) is 0 Å². The monoisotopic (exact) mass is 266 g/mol. The highest BCUT2D eigenvalue weighted by Gasteiger charge is 2.09. The minimum atomic E-state index is -0.431. The van der Waals surface area contributed by atoms with E-state index in [2.05, 4.69) is 4.74 Å². The Kier molecular flexibility index (Phi) is 6.60. The van der Waals surface area contributed by atoms with E-state index in [0.29, 0.717) is 24.3 Å². The lowest BCUT2D eigenvalue weighted by Gasteiger charge is -2.05. The highest BCUT2D eigenvalue weighted by Crippen LogP contribution is 2.07. The minimum Gasteiger partial charge on any atom is -0.465 e. The molecule has 1 aromatic carbocycles. The molecule has 0 saturated heterocycles. The Labute approximate surface area is 112 Å². The summed E-state index contributed by atoms with van der Waals surface area (Å²) in [6.45, 7) is 1.02. The van der Waals surface area contributed by atoms with Crippen molar-refractivity contribution in [3.63, 3.8) is 0 Å². The van der Waals surface area contributed by atoms with Crippen molar-refractivity contribution < 1.29 is 23.8 Å². The van der Waals surface area contributed by atoms with Crippen LogP contribution >= 0.6 is 0 Å². The molecule has 0 aliphatic rings. The molecule has 104 valence electrons. The van der Waals surface area contributed by atoms with Gasteiger partial charge in [-0.1, -0.05) is 0 Å². The van der Waals surface area contributed by atoms with Gasteiger partial charge in [0.1, 0.15) is 0 Å². The first-order valence-electron chi connectivity index (χ1n) is 6.03. The van der Waals surface area contributed by atoms with Crippen molar-refractivity contribution in [3.05, 3.63) is 35.4 Å². The van der Waals surface area contributed by atoms with Crippen molar-refractivity contribution in [1.82, 2.24) is 0 Å². The Morgan fingerprint density at radius 3 is 1.95 bits per heavy atom. The van der Waals surface area contributed by atoms with Crippen LogP contribution in [0.5, 0.6) is 0 Å². The third-order valence-corrected chi connectivity index (χ3v) is 2.52. The second-order valence-corrected chi connectivity index (χ2v) is 3.90. The fourth-order valence-corrected chi connectivity index (χ4v) is 1.46. The van der Waals surface area contributed by atoms with Crippen molar-refractivity contribution in [2.24, 2.45) is 0 Å². The van der Waals surface area contributed by atoms with Gasteiger partial charge in [0.05, 0.1) is 24.8 Å². The summed E-state index contributed by atoms with van der Waals surface area (Å²) in [4.78, 5) is 22.9. The molecule has 0 aliphatic carbocycles. The maximum atomic E-state index is 11.7. The van der Waals surface area contributed by atoms with Crippen molar-refractivity contribution in [1.29, 1.82) is 0 Å². The van der Waals surface area contributed by atoms with Crippen molar-refractivity contribution in [3.8, 4) is 0 Å². The molecule has 1 aromatic rings. The van der Waals surface area contributed by atoms with Crippen LogP contribution in [-0.4, -0.2) is 39.4 Å². The Hall–Kier alpha value is -1.88. The Morgan fingerprint density at radius 2 is 1.42 bits per heavy atom. The summed E-state index contributed by atoms with van der Waals surface area (Å²) in [5, 5.41) is 0. The van der Waals surface area contributed by atoms with E-state index in [1.54, 1.807) is 19.2 Å². The van der Waals surface area contributed by atoms with Gasteiger partial charge in [-0.25, -0.2) is 9.59 Å². The van der Waals surface area contributed by atoms with Gasteiger partial charge in [0.15, 0.2) is 0 Å². The average Bonchev–Trinajstić information content (AvgIpc) is 2.46. The Balaban J connectivity index is 2.42. The standard InChI is InChI=1S/C14H18O5/c1-17-9-3-4-10-19-14(16)12-7-5-11(6-8-12)13(15)18-2/h5-8H,3-4,9-10H2,1-2H3. The van der Waals surface area contributed by atoms with Gasteiger partial charge in [-0.15, -0.1) is 0 Å². The number of rotatable bonds is 7. The number of esters is 2. The molecular weight excluding hydrogens is 248 g/mol. The second kappa shape index (κ2) is 8.26. The third-order valence-electron chi connectivity index (χ3n) is 2.52. The smallest absolute Gasteiger partial charge is 0.338 e. The highest BCUT2D eigenvalue weighted by atomic mass is 16.5. The van der Waals surface area contributed by atoms with Gasteiger partial charge in [0, 0.05) is 13.7 Å². The fraction of sp³-hybridized carbons (Fsp3) is 0.429. The van der Waals surface area contributed by atoms with Crippen molar-refractivity contribution in [2.75, 3.05) is 27.4 Å². The lowest BCUT2D eigenvalue weighted by atomic mass is 10.1. The number of hydrogen-bond donors (Lipinski definition) is 0. The van der Waals surface area contributed by atoms with Gasteiger partial charge >= 0.3 is 11.9 Å². The molecule has 0 bridgehead atoms. The van der Waals surface area contributed by atoms with Crippen LogP contribution in [0.4, 0.5) is 0 Å². The molecule has 0 atom stereocenters. The first kappa shape index (κ1) is 15.2.